The van der Waals surface area contributed by atoms with E-state index in [9.17, 15) is 4.79 Å². The van der Waals surface area contributed by atoms with Crippen molar-refractivity contribution < 1.29 is 9.53 Å². The van der Waals surface area contributed by atoms with Crippen molar-refractivity contribution in [1.82, 2.24) is 9.88 Å². The predicted molar refractivity (Wildman–Crippen MR) is 69.0 cm³/mol. The van der Waals surface area contributed by atoms with Crippen molar-refractivity contribution >= 4 is 5.97 Å². The summed E-state index contributed by atoms with van der Waals surface area (Å²) in [5, 5.41) is 0. The molecule has 1 atom stereocenters. The summed E-state index contributed by atoms with van der Waals surface area (Å²) in [6.45, 7) is 3.72. The number of hydrogen-bond acceptors (Lipinski definition) is 4. The molecule has 0 saturated carbocycles. The summed E-state index contributed by atoms with van der Waals surface area (Å²) < 4.78 is 4.89. The zero-order chi connectivity index (χ0) is 13.0. The molecule has 4 nitrogen and oxygen atoms in total. The van der Waals surface area contributed by atoms with Crippen LogP contribution in [0.25, 0.3) is 0 Å². The molecule has 0 amide bonds. The number of pyridine rings is 1. The number of rotatable bonds is 3. The Bertz CT molecular complexity index is 420. The van der Waals surface area contributed by atoms with Crippen LogP contribution in [0.3, 0.4) is 0 Å². The van der Waals surface area contributed by atoms with Gasteiger partial charge in [-0.05, 0) is 37.9 Å². The highest BCUT2D eigenvalue weighted by atomic mass is 16.5. The van der Waals surface area contributed by atoms with E-state index in [1.807, 2.05) is 6.07 Å². The SMILES string of the molecule is COC(=O)C1CCCCN1Cc1ncccc1C. The lowest BCUT2D eigenvalue weighted by Crippen LogP contribution is -2.44. The lowest BCUT2D eigenvalue weighted by atomic mass is 10.0. The average Bonchev–Trinajstić information content (AvgIpc) is 2.41. The zero-order valence-electron chi connectivity index (χ0n) is 11.1. The molecule has 1 aromatic rings. The Morgan fingerprint density at radius 2 is 2.39 bits per heavy atom. The number of hydrogen-bond donors (Lipinski definition) is 0. The molecule has 1 aromatic heterocycles. The van der Waals surface area contributed by atoms with E-state index < -0.39 is 0 Å². The maximum absolute atomic E-state index is 11.8. The van der Waals surface area contributed by atoms with Gasteiger partial charge < -0.3 is 4.74 Å². The monoisotopic (exact) mass is 248 g/mol. The molecule has 98 valence electrons. The number of likely N-dealkylation sites (tertiary alicyclic amines) is 1. The molecule has 0 aliphatic carbocycles. The van der Waals surface area contributed by atoms with Crippen LogP contribution in [0, 0.1) is 6.92 Å². The number of nitrogens with zero attached hydrogens (tertiary/aromatic N) is 2. The highest BCUT2D eigenvalue weighted by molar-refractivity contribution is 5.75. The largest absolute Gasteiger partial charge is 0.468 e. The van der Waals surface area contributed by atoms with Gasteiger partial charge in [0.2, 0.25) is 0 Å². The molecule has 0 bridgehead atoms. The summed E-state index contributed by atoms with van der Waals surface area (Å²) in [6.07, 6.45) is 4.93. The third-order valence-corrected chi connectivity index (χ3v) is 3.56. The van der Waals surface area contributed by atoms with Crippen LogP contribution in [0.4, 0.5) is 0 Å². The van der Waals surface area contributed by atoms with Crippen LogP contribution >= 0.6 is 0 Å². The number of carbonyl (C=O) groups is 1. The summed E-state index contributed by atoms with van der Waals surface area (Å²) in [6, 6.07) is 3.89. The normalized spacial score (nSPS) is 20.7. The second-order valence-electron chi connectivity index (χ2n) is 4.77. The number of carbonyl (C=O) groups excluding carboxylic acids is 1. The number of ether oxygens (including phenoxy) is 1. The van der Waals surface area contributed by atoms with Crippen molar-refractivity contribution in [3.8, 4) is 0 Å². The van der Waals surface area contributed by atoms with Crippen LogP contribution in [0.2, 0.25) is 0 Å². The van der Waals surface area contributed by atoms with E-state index in [1.165, 1.54) is 12.7 Å². The van der Waals surface area contributed by atoms with Gasteiger partial charge in [-0.2, -0.15) is 0 Å². The van der Waals surface area contributed by atoms with E-state index in [0.717, 1.165) is 38.0 Å². The first-order valence-electron chi connectivity index (χ1n) is 6.44. The molecule has 2 heterocycles. The van der Waals surface area contributed by atoms with Gasteiger partial charge in [0, 0.05) is 12.7 Å². The van der Waals surface area contributed by atoms with Crippen LogP contribution in [0.1, 0.15) is 30.5 Å². The summed E-state index contributed by atoms with van der Waals surface area (Å²) in [5.41, 5.74) is 2.22. The molecule has 1 aliphatic rings. The molecule has 0 N–H and O–H groups in total. The van der Waals surface area contributed by atoms with Crippen molar-refractivity contribution in [2.45, 2.75) is 38.8 Å². The zero-order valence-corrected chi connectivity index (χ0v) is 11.1. The van der Waals surface area contributed by atoms with Crippen LogP contribution in [-0.2, 0) is 16.1 Å². The minimum Gasteiger partial charge on any atom is -0.468 e. The van der Waals surface area contributed by atoms with Crippen molar-refractivity contribution in [3.63, 3.8) is 0 Å². The maximum Gasteiger partial charge on any atom is 0.323 e. The fourth-order valence-electron chi connectivity index (χ4n) is 2.46. The van der Waals surface area contributed by atoms with Crippen LogP contribution < -0.4 is 0 Å². The van der Waals surface area contributed by atoms with E-state index in [1.54, 1.807) is 6.20 Å². The lowest BCUT2D eigenvalue weighted by molar-refractivity contribution is -0.148. The summed E-state index contributed by atoms with van der Waals surface area (Å²) >= 11 is 0. The molecule has 1 fully saturated rings. The lowest BCUT2D eigenvalue weighted by Gasteiger charge is -2.33. The molecule has 0 aromatic carbocycles. The molecule has 1 aliphatic heterocycles. The number of methoxy groups -OCH3 is 1. The predicted octanol–water partition coefficient (Wildman–Crippen LogP) is 1.92. The summed E-state index contributed by atoms with van der Waals surface area (Å²) in [4.78, 5) is 18.4. The number of esters is 1. The molecule has 0 radical (unpaired) electrons. The Kier molecular flexibility index (Phi) is 4.31. The third-order valence-electron chi connectivity index (χ3n) is 3.56. The van der Waals surface area contributed by atoms with Crippen molar-refractivity contribution in [3.05, 3.63) is 29.6 Å². The second-order valence-corrected chi connectivity index (χ2v) is 4.77. The standard InChI is InChI=1S/C14H20N2O2/c1-11-6-5-8-15-12(11)10-16-9-4-3-7-13(16)14(17)18-2/h5-6,8,13H,3-4,7,9-10H2,1-2H3. The van der Waals surface area contributed by atoms with Gasteiger partial charge in [0.1, 0.15) is 6.04 Å². The first-order chi connectivity index (χ1) is 8.72. The van der Waals surface area contributed by atoms with Gasteiger partial charge in [0.25, 0.3) is 0 Å². The Morgan fingerprint density at radius 3 is 3.11 bits per heavy atom. The van der Waals surface area contributed by atoms with Gasteiger partial charge in [0.05, 0.1) is 12.8 Å². The molecular weight excluding hydrogens is 228 g/mol. The van der Waals surface area contributed by atoms with Gasteiger partial charge in [-0.3, -0.25) is 14.7 Å². The van der Waals surface area contributed by atoms with Gasteiger partial charge in [-0.25, -0.2) is 0 Å². The van der Waals surface area contributed by atoms with Gasteiger partial charge in [-0.1, -0.05) is 12.5 Å². The molecular formula is C14H20N2O2. The smallest absolute Gasteiger partial charge is 0.323 e. The van der Waals surface area contributed by atoms with E-state index >= 15 is 0 Å². The number of aromatic nitrogens is 1. The van der Waals surface area contributed by atoms with E-state index in [4.69, 9.17) is 4.74 Å². The fraction of sp³-hybridized carbons (Fsp3) is 0.571. The average molecular weight is 248 g/mol. The van der Waals surface area contributed by atoms with Gasteiger partial charge in [-0.15, -0.1) is 0 Å². The maximum atomic E-state index is 11.8. The Morgan fingerprint density at radius 1 is 1.56 bits per heavy atom. The molecule has 0 spiro atoms. The Hall–Kier alpha value is -1.42. The highest BCUT2D eigenvalue weighted by Gasteiger charge is 2.29. The Balaban J connectivity index is 2.10. The first-order valence-corrected chi connectivity index (χ1v) is 6.44. The van der Waals surface area contributed by atoms with Crippen molar-refractivity contribution in [2.75, 3.05) is 13.7 Å². The molecule has 1 saturated heterocycles. The van der Waals surface area contributed by atoms with Crippen molar-refractivity contribution in [2.24, 2.45) is 0 Å². The van der Waals surface area contributed by atoms with Crippen LogP contribution in [0.15, 0.2) is 18.3 Å². The molecule has 4 heteroatoms. The topological polar surface area (TPSA) is 42.4 Å². The second kappa shape index (κ2) is 5.96. The van der Waals surface area contributed by atoms with Gasteiger partial charge >= 0.3 is 5.97 Å². The molecule has 1 unspecified atom stereocenters. The minimum atomic E-state index is -0.122. The summed E-state index contributed by atoms with van der Waals surface area (Å²) in [5.74, 6) is -0.122. The Labute approximate surface area is 108 Å². The van der Waals surface area contributed by atoms with Crippen molar-refractivity contribution in [1.29, 1.82) is 0 Å². The quantitative estimate of drug-likeness (QED) is 0.766. The van der Waals surface area contributed by atoms with E-state index in [-0.39, 0.29) is 12.0 Å². The molecule has 2 rings (SSSR count). The first kappa shape index (κ1) is 13.0. The summed E-state index contributed by atoms with van der Waals surface area (Å²) in [7, 11) is 1.46. The number of aryl methyl sites for hydroxylation is 1. The highest BCUT2D eigenvalue weighted by Crippen LogP contribution is 2.20. The number of piperidine rings is 1. The fourth-order valence-corrected chi connectivity index (χ4v) is 2.46. The van der Waals surface area contributed by atoms with Crippen LogP contribution in [0.5, 0.6) is 0 Å². The van der Waals surface area contributed by atoms with E-state index in [0.29, 0.717) is 0 Å². The van der Waals surface area contributed by atoms with E-state index in [2.05, 4.69) is 22.9 Å². The van der Waals surface area contributed by atoms with Gasteiger partial charge in [0.15, 0.2) is 0 Å². The minimum absolute atomic E-state index is 0.106. The van der Waals surface area contributed by atoms with Crippen LogP contribution in [-0.4, -0.2) is 35.5 Å². The molecule has 18 heavy (non-hydrogen) atoms. The third kappa shape index (κ3) is 2.88.